The molecule has 5 rings (SSSR count). The molecule has 0 fully saturated rings. The quantitative estimate of drug-likeness (QED) is 0.523. The monoisotopic (exact) mass is 365 g/mol. The van der Waals surface area contributed by atoms with Crippen LogP contribution in [0.5, 0.6) is 0 Å². The van der Waals surface area contributed by atoms with E-state index in [1.165, 1.54) is 0 Å². The Balaban J connectivity index is 1.66. The van der Waals surface area contributed by atoms with Gasteiger partial charge in [-0.15, -0.1) is 5.10 Å². The summed E-state index contributed by atoms with van der Waals surface area (Å²) in [5, 5.41) is 8.63. The number of aromatic nitrogens is 3. The van der Waals surface area contributed by atoms with Gasteiger partial charge in [0, 0.05) is 5.92 Å². The summed E-state index contributed by atoms with van der Waals surface area (Å²) >= 11 is 0. The number of carbonyl (C=O) groups is 1. The van der Waals surface area contributed by atoms with E-state index >= 15 is 0 Å². The molecule has 2 atom stereocenters. The van der Waals surface area contributed by atoms with Crippen molar-refractivity contribution in [3.8, 4) is 0 Å². The van der Waals surface area contributed by atoms with Crippen LogP contribution in [0.15, 0.2) is 91.0 Å². The number of benzene rings is 3. The van der Waals surface area contributed by atoms with Crippen LogP contribution in [0.1, 0.15) is 29.5 Å². The second-order valence-corrected chi connectivity index (χ2v) is 7.13. The zero-order chi connectivity index (χ0) is 18.9. The highest BCUT2D eigenvalue weighted by molar-refractivity contribution is 6.02. The summed E-state index contributed by atoms with van der Waals surface area (Å²) in [4.78, 5) is 13.3. The lowest BCUT2D eigenvalue weighted by Crippen LogP contribution is -2.29. The standard InChI is InChI=1S/C24H19N3O/c28-23-16-19(17-9-3-1-4-10-17)15-20(18-11-5-2-6-12-18)24(23)27-22-14-8-7-13-21(22)25-26-27/h1-14,16,20,24H,15H2/t20-,24-/m0/s1. The molecule has 1 aliphatic carbocycles. The Kier molecular flexibility index (Phi) is 4.09. The molecular formula is C24H19N3O. The maximum Gasteiger partial charge on any atom is 0.181 e. The van der Waals surface area contributed by atoms with E-state index in [-0.39, 0.29) is 11.7 Å². The Bertz CT molecular complexity index is 1160. The highest BCUT2D eigenvalue weighted by Gasteiger charge is 2.36. The van der Waals surface area contributed by atoms with Crippen LogP contribution in [-0.2, 0) is 4.79 Å². The summed E-state index contributed by atoms with van der Waals surface area (Å²) < 4.78 is 1.80. The van der Waals surface area contributed by atoms with Crippen LogP contribution in [0.4, 0.5) is 0 Å². The summed E-state index contributed by atoms with van der Waals surface area (Å²) in [6.45, 7) is 0. The summed E-state index contributed by atoms with van der Waals surface area (Å²) in [6.07, 6.45) is 2.56. The van der Waals surface area contributed by atoms with Gasteiger partial charge in [0.25, 0.3) is 0 Å². The van der Waals surface area contributed by atoms with Crippen molar-refractivity contribution in [2.24, 2.45) is 0 Å². The Morgan fingerprint density at radius 2 is 1.50 bits per heavy atom. The van der Waals surface area contributed by atoms with Crippen LogP contribution in [0.2, 0.25) is 0 Å². The third-order valence-electron chi connectivity index (χ3n) is 5.44. The summed E-state index contributed by atoms with van der Waals surface area (Å²) in [5.74, 6) is 0.0635. The molecule has 0 saturated carbocycles. The van der Waals surface area contributed by atoms with Gasteiger partial charge in [-0.25, -0.2) is 4.68 Å². The maximum atomic E-state index is 13.3. The van der Waals surface area contributed by atoms with Gasteiger partial charge in [0.15, 0.2) is 5.78 Å². The van der Waals surface area contributed by atoms with Crippen LogP contribution in [0, 0.1) is 0 Å². The van der Waals surface area contributed by atoms with E-state index in [1.54, 1.807) is 10.8 Å². The Morgan fingerprint density at radius 1 is 0.821 bits per heavy atom. The zero-order valence-corrected chi connectivity index (χ0v) is 15.3. The van der Waals surface area contributed by atoms with Crippen LogP contribution < -0.4 is 0 Å². The molecule has 4 aromatic rings. The fourth-order valence-electron chi connectivity index (χ4n) is 4.10. The molecule has 1 heterocycles. The number of hydrogen-bond acceptors (Lipinski definition) is 3. The van der Waals surface area contributed by atoms with E-state index in [9.17, 15) is 4.79 Å². The first-order valence-corrected chi connectivity index (χ1v) is 9.46. The minimum absolute atomic E-state index is 0.000915. The van der Waals surface area contributed by atoms with Crippen molar-refractivity contribution in [3.05, 3.63) is 102 Å². The minimum atomic E-state index is -0.401. The van der Waals surface area contributed by atoms with Crippen molar-refractivity contribution >= 4 is 22.4 Å². The van der Waals surface area contributed by atoms with E-state index in [0.717, 1.165) is 34.2 Å². The molecule has 136 valence electrons. The van der Waals surface area contributed by atoms with Gasteiger partial charge in [-0.2, -0.15) is 0 Å². The van der Waals surface area contributed by atoms with Crippen LogP contribution in [0.25, 0.3) is 16.6 Å². The first-order chi connectivity index (χ1) is 13.8. The van der Waals surface area contributed by atoms with Gasteiger partial charge in [0.1, 0.15) is 11.6 Å². The van der Waals surface area contributed by atoms with E-state index in [1.807, 2.05) is 60.7 Å². The number of fused-ring (bicyclic) bond motifs is 1. The van der Waals surface area contributed by atoms with Crippen molar-refractivity contribution in [2.45, 2.75) is 18.4 Å². The summed E-state index contributed by atoms with van der Waals surface area (Å²) in [7, 11) is 0. The van der Waals surface area contributed by atoms with Gasteiger partial charge in [0.05, 0.1) is 5.52 Å². The molecule has 4 nitrogen and oxygen atoms in total. The molecule has 0 saturated heterocycles. The number of ketones is 1. The SMILES string of the molecule is O=C1C=C(c2ccccc2)C[C@@H](c2ccccc2)[C@@H]1n1nnc2ccccc21. The van der Waals surface area contributed by atoms with Gasteiger partial charge in [-0.3, -0.25) is 4.79 Å². The van der Waals surface area contributed by atoms with Crippen molar-refractivity contribution in [3.63, 3.8) is 0 Å². The van der Waals surface area contributed by atoms with E-state index in [0.29, 0.717) is 0 Å². The lowest BCUT2D eigenvalue weighted by atomic mass is 9.77. The molecule has 3 aromatic carbocycles. The topological polar surface area (TPSA) is 47.8 Å². The highest BCUT2D eigenvalue weighted by Crippen LogP contribution is 2.42. The van der Waals surface area contributed by atoms with E-state index < -0.39 is 6.04 Å². The molecule has 0 aliphatic heterocycles. The van der Waals surface area contributed by atoms with Gasteiger partial charge >= 0.3 is 0 Å². The smallest absolute Gasteiger partial charge is 0.181 e. The third-order valence-corrected chi connectivity index (χ3v) is 5.44. The van der Waals surface area contributed by atoms with Crippen molar-refractivity contribution in [1.29, 1.82) is 0 Å². The van der Waals surface area contributed by atoms with Crippen LogP contribution in [-0.4, -0.2) is 20.8 Å². The molecule has 1 aromatic heterocycles. The predicted molar refractivity (Wildman–Crippen MR) is 110 cm³/mol. The lowest BCUT2D eigenvalue weighted by Gasteiger charge is -2.31. The lowest BCUT2D eigenvalue weighted by molar-refractivity contribution is -0.118. The number of para-hydroxylation sites is 1. The second kappa shape index (κ2) is 6.89. The molecule has 0 spiro atoms. The molecule has 1 aliphatic rings. The summed E-state index contributed by atoms with van der Waals surface area (Å²) in [6, 6.07) is 27.8. The average Bonchev–Trinajstić information content (AvgIpc) is 3.18. The predicted octanol–water partition coefficient (Wildman–Crippen LogP) is 4.81. The Hall–Kier alpha value is -3.53. The Labute approximate surface area is 163 Å². The zero-order valence-electron chi connectivity index (χ0n) is 15.3. The largest absolute Gasteiger partial charge is 0.292 e. The maximum absolute atomic E-state index is 13.3. The normalized spacial score (nSPS) is 19.6. The van der Waals surface area contributed by atoms with Crippen LogP contribution in [0.3, 0.4) is 0 Å². The number of rotatable bonds is 3. The average molecular weight is 365 g/mol. The number of nitrogens with zero attached hydrogens (tertiary/aromatic N) is 3. The fourth-order valence-corrected chi connectivity index (χ4v) is 4.10. The van der Waals surface area contributed by atoms with Gasteiger partial charge in [0.2, 0.25) is 0 Å². The first kappa shape index (κ1) is 16.6. The second-order valence-electron chi connectivity index (χ2n) is 7.13. The molecule has 0 N–H and O–H groups in total. The molecule has 4 heteroatoms. The number of hydrogen-bond donors (Lipinski definition) is 0. The van der Waals surface area contributed by atoms with Crippen molar-refractivity contribution in [2.75, 3.05) is 0 Å². The highest BCUT2D eigenvalue weighted by atomic mass is 16.1. The van der Waals surface area contributed by atoms with E-state index in [4.69, 9.17) is 0 Å². The van der Waals surface area contributed by atoms with Crippen molar-refractivity contribution < 1.29 is 4.79 Å². The molecule has 0 radical (unpaired) electrons. The molecule has 0 unspecified atom stereocenters. The molecule has 0 amide bonds. The third kappa shape index (κ3) is 2.83. The number of allylic oxidation sites excluding steroid dienone is 2. The molecular weight excluding hydrogens is 346 g/mol. The van der Waals surface area contributed by atoms with Crippen molar-refractivity contribution in [1.82, 2.24) is 15.0 Å². The van der Waals surface area contributed by atoms with Gasteiger partial charge in [-0.1, -0.05) is 78.0 Å². The van der Waals surface area contributed by atoms with Gasteiger partial charge < -0.3 is 0 Å². The fraction of sp³-hybridized carbons (Fsp3) is 0.125. The minimum Gasteiger partial charge on any atom is -0.292 e. The molecule has 0 bridgehead atoms. The Morgan fingerprint density at radius 3 is 2.29 bits per heavy atom. The summed E-state index contributed by atoms with van der Waals surface area (Å²) in [5.41, 5.74) is 5.00. The van der Waals surface area contributed by atoms with Gasteiger partial charge in [-0.05, 0) is 41.3 Å². The molecule has 28 heavy (non-hydrogen) atoms. The van der Waals surface area contributed by atoms with Crippen LogP contribution >= 0.6 is 0 Å². The number of carbonyl (C=O) groups excluding carboxylic acids is 1. The van der Waals surface area contributed by atoms with E-state index in [2.05, 4.69) is 34.6 Å². The first-order valence-electron chi connectivity index (χ1n) is 9.46.